The minimum absolute atomic E-state index is 0. The molecule has 4 fully saturated rings. The molecule has 4 saturated carbocycles. The number of allylic oxidation sites excluding steroid dienone is 6. The van der Waals surface area contributed by atoms with Crippen LogP contribution in [0, 0.1) is 47.3 Å². The Labute approximate surface area is 902 Å². The molecular formula is C130H196O20. The molecule has 6 aromatic rings. The summed E-state index contributed by atoms with van der Waals surface area (Å²) in [4.78, 5) is 24.0. The summed E-state index contributed by atoms with van der Waals surface area (Å²) in [5.41, 5.74) is 13.0. The molecule has 20 heteroatoms. The number of fused-ring (bicyclic) bond motifs is 18. The molecule has 0 bridgehead atoms. The minimum atomic E-state index is -1.08. The van der Waals surface area contributed by atoms with Crippen molar-refractivity contribution in [3.8, 4) is 69.0 Å². The van der Waals surface area contributed by atoms with E-state index in [1.54, 1.807) is 26.0 Å². The second-order valence-corrected chi connectivity index (χ2v) is 46.8. The Morgan fingerprint density at radius 2 is 0.593 bits per heavy atom. The molecule has 150 heavy (non-hydrogen) atoms. The molecule has 0 aromatic heterocycles. The number of aliphatic hydroxyl groups is 4. The van der Waals surface area contributed by atoms with Crippen LogP contribution in [-0.2, 0) is 38.5 Å². The smallest absolute Gasteiger partial charge is 0.339 e. The zero-order chi connectivity index (χ0) is 105. The second-order valence-electron chi connectivity index (χ2n) is 46.8. The molecule has 6 aliphatic heterocycles. The van der Waals surface area contributed by atoms with Crippen molar-refractivity contribution in [3.63, 3.8) is 0 Å². The fourth-order valence-electron chi connectivity index (χ4n) is 26.1. The zero-order valence-corrected chi connectivity index (χ0v) is 90.3. The van der Waals surface area contributed by atoms with Crippen molar-refractivity contribution in [1.82, 2.24) is 0 Å². The Morgan fingerprint density at radius 1 is 0.327 bits per heavy atom. The largest absolute Gasteiger partial charge is 0.508 e. The van der Waals surface area contributed by atoms with Crippen LogP contribution in [0.4, 0.5) is 0 Å². The highest BCUT2D eigenvalue weighted by Gasteiger charge is 2.60. The average Bonchev–Trinajstić information content (AvgIpc) is 1.25. The van der Waals surface area contributed by atoms with Gasteiger partial charge in [-0.2, -0.15) is 0 Å². The topological polar surface area (TPSA) is 332 Å². The first-order valence-corrected chi connectivity index (χ1v) is 54.6. The highest BCUT2D eigenvalue weighted by Crippen LogP contribution is 2.64. The van der Waals surface area contributed by atoms with Crippen molar-refractivity contribution >= 4 is 23.1 Å². The molecule has 836 valence electrons. The monoisotopic (exact) mass is 2080 g/mol. The number of benzene rings is 6. The number of hydrogen-bond donors (Lipinski definition) is 12. The fraction of sp³-hybridized carbons (Fsp3) is 0.615. The number of carboxylic acids is 2. The number of ether oxygens (including phenoxy) is 6. The van der Waals surface area contributed by atoms with Crippen molar-refractivity contribution in [2.75, 3.05) is 0 Å². The highest BCUT2D eigenvalue weighted by molar-refractivity contribution is 5.95. The summed E-state index contributed by atoms with van der Waals surface area (Å²) in [6.07, 6.45) is 33.7. The molecular weight excluding hydrogens is 1880 g/mol. The van der Waals surface area contributed by atoms with Crippen LogP contribution in [0.5, 0.6) is 69.0 Å². The van der Waals surface area contributed by atoms with Gasteiger partial charge in [0.25, 0.3) is 0 Å². The summed E-state index contributed by atoms with van der Waals surface area (Å²) < 4.78 is 37.1. The molecule has 20 nitrogen and oxygen atoms in total. The summed E-state index contributed by atoms with van der Waals surface area (Å²) in [6, 6.07) is 19.2. The number of carbonyl (C=O) groups is 2. The van der Waals surface area contributed by atoms with Gasteiger partial charge in [-0.05, 0) is 365 Å². The van der Waals surface area contributed by atoms with Crippen LogP contribution >= 0.6 is 0 Å². The van der Waals surface area contributed by atoms with E-state index in [9.17, 15) is 70.9 Å². The van der Waals surface area contributed by atoms with Gasteiger partial charge in [0.2, 0.25) is 0 Å². The molecule has 12 N–H and O–H groups in total. The third-order valence-corrected chi connectivity index (χ3v) is 33.8. The Bertz CT molecular complexity index is 5640. The maximum atomic E-state index is 12.1. The summed E-state index contributed by atoms with van der Waals surface area (Å²) >= 11 is 0. The van der Waals surface area contributed by atoms with Crippen LogP contribution in [-0.4, -0.2) is 131 Å². The van der Waals surface area contributed by atoms with Crippen LogP contribution in [0.25, 0.3) is 11.1 Å². The number of phenolic OH excluding ortho intramolecular Hbond substituents is 6. The zero-order valence-electron chi connectivity index (χ0n) is 90.3. The van der Waals surface area contributed by atoms with Gasteiger partial charge in [0, 0.05) is 57.8 Å². The Hall–Kier alpha value is -9.86. The molecule has 0 saturated heterocycles. The number of unbranched alkanes of at least 4 members (excludes halogenated alkanes) is 8. The molecule has 0 spiro atoms. The summed E-state index contributed by atoms with van der Waals surface area (Å²) in [7, 11) is 0. The molecule has 20 atom stereocenters. The van der Waals surface area contributed by atoms with E-state index in [4.69, 9.17) is 28.4 Å². The highest BCUT2D eigenvalue weighted by atomic mass is 16.5. The summed E-state index contributed by atoms with van der Waals surface area (Å²) in [5, 5.41) is 127. The molecule has 6 aromatic carbocycles. The first-order chi connectivity index (χ1) is 67.9. The predicted octanol–water partition coefficient (Wildman–Crippen LogP) is 31.9. The standard InChI is InChI=1S/C22H30O5.C21H30O3.2C21H30O2.C20H26O5.C19H26O3.6CH4/c1-5-6-7-8-13-11-15(23)18-17-14(12(2)3)9-10-22(4,26)20(17)27-19(18)16(13)21(24)25;1-5-6-7-8-14-11-16(22)19-17(12-14)24-20-18(19)15(13(2)3)9-10-21(20,4)23;2*1-5-6-7-8-15-12-18(22)20-16-11-14(2)9-10-17(16)21(3,4)23-19(20)13-15;1-5-6-11-9-13(21)16-15-12(10(2)3)7-8-20(4,24)18(15)25-17(16)14(11)19(22)23;1-5-6-12-9-14(20)17-15(10-12)22-18-16(17)13(11(2)3)7-8-19(18,4)21;;;;;;/h11,14,17,20,23,26H,2,5-10H2,1,3-4H3,(H,24,25);11-12,15,18,20,22-23H,2,5-10H2,1,3-4H3;2*11-14,17,22H,5-10H2,1-4H3;9,12,15,18,21,24H,2,5-8H2,1,3-4H3,(H,22,23);9-10,13,16,18,20-21H,2,5-8H2,1,3-4H3;6*1H4/t14-,17+,20-,22-;15-,18+,20-,21-;14-,17+;14-,17-;12-,15+,18-,20-;13-,16+,18-,19-;;;;;;/m000100....../s1. The van der Waals surface area contributed by atoms with E-state index in [0.29, 0.717) is 107 Å². The molecule has 6 heterocycles. The van der Waals surface area contributed by atoms with Gasteiger partial charge in [0.15, 0.2) is 0 Å². The maximum absolute atomic E-state index is 12.1. The number of aromatic hydroxyl groups is 6. The van der Waals surface area contributed by atoms with Gasteiger partial charge >= 0.3 is 11.9 Å². The first-order valence-electron chi connectivity index (χ1n) is 54.6. The minimum Gasteiger partial charge on any atom is -0.508 e. The van der Waals surface area contributed by atoms with Gasteiger partial charge in [0.05, 0.1) is 33.5 Å². The molecule has 0 amide bonds. The average molecular weight is 2080 g/mol. The van der Waals surface area contributed by atoms with Gasteiger partial charge in [-0.1, -0.05) is 225 Å². The fourth-order valence-corrected chi connectivity index (χ4v) is 26.1. The lowest BCUT2D eigenvalue weighted by molar-refractivity contribution is -0.0827. The molecule has 12 aliphatic rings. The first kappa shape index (κ1) is 127. The van der Waals surface area contributed by atoms with Crippen LogP contribution in [0.3, 0.4) is 0 Å². The van der Waals surface area contributed by atoms with Gasteiger partial charge < -0.3 is 89.7 Å². The van der Waals surface area contributed by atoms with Gasteiger partial charge in [0.1, 0.15) is 116 Å². The van der Waals surface area contributed by atoms with E-state index in [0.717, 1.165) is 181 Å². The van der Waals surface area contributed by atoms with Crippen LogP contribution in [0.15, 0.2) is 121 Å². The van der Waals surface area contributed by atoms with Crippen molar-refractivity contribution in [1.29, 1.82) is 0 Å². The van der Waals surface area contributed by atoms with Crippen molar-refractivity contribution in [3.05, 3.63) is 199 Å². The number of aryl methyl sites for hydroxylation is 6. The van der Waals surface area contributed by atoms with E-state index in [1.165, 1.54) is 86.5 Å². The molecule has 6 aliphatic carbocycles. The van der Waals surface area contributed by atoms with Gasteiger partial charge in [-0.3, -0.25) is 0 Å². The number of hydrogen-bond acceptors (Lipinski definition) is 18. The van der Waals surface area contributed by atoms with E-state index in [1.807, 2.05) is 78.8 Å². The van der Waals surface area contributed by atoms with Crippen LogP contribution in [0.1, 0.15) is 461 Å². The maximum Gasteiger partial charge on any atom is 0.339 e. The van der Waals surface area contributed by atoms with E-state index >= 15 is 0 Å². The van der Waals surface area contributed by atoms with Gasteiger partial charge in [-0.15, -0.1) is 0 Å². The number of phenols is 6. The predicted molar refractivity (Wildman–Crippen MR) is 614 cm³/mol. The number of carboxylic acid groups (broad SMARTS) is 2. The third-order valence-electron chi connectivity index (χ3n) is 33.8. The number of aromatic carboxylic acids is 2. The van der Waals surface area contributed by atoms with Crippen LogP contribution in [0.2, 0.25) is 0 Å². The quantitative estimate of drug-likeness (QED) is 0.0177. The lowest BCUT2D eigenvalue weighted by Gasteiger charge is -2.44. The van der Waals surface area contributed by atoms with Gasteiger partial charge in [-0.25, -0.2) is 9.59 Å². The van der Waals surface area contributed by atoms with E-state index in [-0.39, 0.29) is 149 Å². The van der Waals surface area contributed by atoms with E-state index < -0.39 is 46.6 Å². The SMILES string of the molecule is C.C.C.C.C.C.C=C(C)[C@@H]1CC[C@](C)(O)[C@H]2Oc3c(C(=O)O)c(CCC)cc(O)c3[C@@H]12.C=C(C)[C@@H]1CC[C@](C)(O)[C@H]2Oc3c(C(=O)O)c(CCCCC)cc(O)c3[C@@H]12.C=C(C)[C@@H]1CC[C@](C)(O)[C@H]2Oc3cc(CCC)cc(O)c3[C@@H]12.C=C(C)[C@@H]1CC[C@](C)(O)[C@H]2Oc3cc(CCCCC)cc(O)c3[C@@H]12.CCCCCc1cc(O)c2c(c1)OC(C)(C)[C@@H]1CC[C@@H](C)C=C21.CCCCCc1cc(O)c2c(c1)OC(C)(C)[C@@H]1CC[C@H](C)C=C21. The normalized spacial score (nSPS) is 27.8. The van der Waals surface area contributed by atoms with Crippen molar-refractivity contribution in [2.45, 2.75) is 470 Å². The van der Waals surface area contributed by atoms with Crippen LogP contribution < -0.4 is 28.4 Å². The number of rotatable bonds is 26. The second kappa shape index (κ2) is 51.9. The Kier molecular flexibility index (Phi) is 44.0. The Morgan fingerprint density at radius 3 is 0.887 bits per heavy atom. The molecule has 0 unspecified atom stereocenters. The summed E-state index contributed by atoms with van der Waals surface area (Å²) in [5.74, 6) is 5.00. The van der Waals surface area contributed by atoms with Crippen molar-refractivity contribution < 1.29 is 99.3 Å². The van der Waals surface area contributed by atoms with Crippen molar-refractivity contribution in [2.24, 2.45) is 47.3 Å². The third kappa shape index (κ3) is 26.7. The summed E-state index contributed by atoms with van der Waals surface area (Å²) in [6.45, 7) is 57.5. The molecule has 0 radical (unpaired) electrons. The van der Waals surface area contributed by atoms with E-state index in [2.05, 4.69) is 133 Å². The lowest BCUT2D eigenvalue weighted by Crippen LogP contribution is -2.50. The lowest BCUT2D eigenvalue weighted by atomic mass is 9.66. The molecule has 18 rings (SSSR count). The Balaban J connectivity index is 0.000000242.